The van der Waals surface area contributed by atoms with Crippen LogP contribution in [0.2, 0.25) is 0 Å². The number of likely N-dealkylation sites (tertiary alicyclic amines) is 1. The second kappa shape index (κ2) is 7.93. The summed E-state index contributed by atoms with van der Waals surface area (Å²) in [6.45, 7) is 8.16. The first-order valence-electron chi connectivity index (χ1n) is 10.3. The Hall–Kier alpha value is -2.77. The Bertz CT molecular complexity index is 924. The summed E-state index contributed by atoms with van der Waals surface area (Å²) in [6.07, 6.45) is 6.31. The maximum atomic E-state index is 13.0. The van der Waals surface area contributed by atoms with Crippen LogP contribution < -0.4 is 0 Å². The van der Waals surface area contributed by atoms with Crippen LogP contribution in [0, 0.1) is 6.92 Å². The van der Waals surface area contributed by atoms with Crippen LogP contribution in [-0.4, -0.2) is 61.0 Å². The molecule has 1 saturated heterocycles. The molecule has 0 saturated carbocycles. The van der Waals surface area contributed by atoms with Crippen LogP contribution in [0.5, 0.6) is 0 Å². The van der Waals surface area contributed by atoms with E-state index in [9.17, 15) is 9.59 Å². The average molecular weight is 396 g/mol. The summed E-state index contributed by atoms with van der Waals surface area (Å²) < 4.78 is 1.77. The van der Waals surface area contributed by atoms with E-state index in [0.29, 0.717) is 19.6 Å². The summed E-state index contributed by atoms with van der Waals surface area (Å²) in [4.78, 5) is 37.9. The molecule has 2 aromatic rings. The van der Waals surface area contributed by atoms with Gasteiger partial charge in [0.25, 0.3) is 0 Å². The Kier molecular flexibility index (Phi) is 5.34. The molecular formula is C21H28N6O2. The fourth-order valence-electron chi connectivity index (χ4n) is 4.35. The first-order valence-corrected chi connectivity index (χ1v) is 10.3. The third kappa shape index (κ3) is 3.88. The third-order valence-electron chi connectivity index (χ3n) is 6.09. The first kappa shape index (κ1) is 19.5. The average Bonchev–Trinajstić information content (AvgIpc) is 3.17. The zero-order chi connectivity index (χ0) is 20.5. The van der Waals surface area contributed by atoms with Crippen molar-refractivity contribution in [1.82, 2.24) is 29.5 Å². The number of rotatable bonds is 3. The van der Waals surface area contributed by atoms with E-state index in [4.69, 9.17) is 4.98 Å². The minimum atomic E-state index is -0.327. The van der Waals surface area contributed by atoms with Crippen LogP contribution in [0.25, 0.3) is 0 Å². The molecule has 2 aliphatic heterocycles. The van der Waals surface area contributed by atoms with E-state index in [1.54, 1.807) is 17.8 Å². The van der Waals surface area contributed by atoms with Crippen LogP contribution in [0.3, 0.4) is 0 Å². The van der Waals surface area contributed by atoms with Crippen molar-refractivity contribution in [2.24, 2.45) is 0 Å². The van der Waals surface area contributed by atoms with Gasteiger partial charge in [-0.25, -0.2) is 9.97 Å². The molecule has 2 aliphatic rings. The number of amides is 2. The molecule has 0 unspecified atom stereocenters. The van der Waals surface area contributed by atoms with Crippen molar-refractivity contribution in [1.29, 1.82) is 0 Å². The maximum Gasteiger partial charge on any atom is 0.247 e. The lowest BCUT2D eigenvalue weighted by atomic mass is 9.96. The van der Waals surface area contributed by atoms with Gasteiger partial charge in [-0.15, -0.1) is 0 Å². The first-order chi connectivity index (χ1) is 13.9. The summed E-state index contributed by atoms with van der Waals surface area (Å²) in [5.74, 6) is 1.20. The minimum absolute atomic E-state index is 0.0657. The Morgan fingerprint density at radius 1 is 1.24 bits per heavy atom. The highest BCUT2D eigenvalue weighted by Crippen LogP contribution is 2.27. The minimum Gasteiger partial charge on any atom is -0.342 e. The normalized spacial score (nSPS) is 20.3. The van der Waals surface area contributed by atoms with Gasteiger partial charge >= 0.3 is 0 Å². The maximum absolute atomic E-state index is 13.0. The van der Waals surface area contributed by atoms with Crippen LogP contribution in [0.15, 0.2) is 18.5 Å². The number of hydrogen-bond acceptors (Lipinski definition) is 5. The van der Waals surface area contributed by atoms with Crippen molar-refractivity contribution in [2.45, 2.75) is 58.5 Å². The standard InChI is InChI=1S/C21H28N6O2/c1-14-6-8-23-27(14)15(2)21(29)26-10-7-19-18(13-26)11-22-20(24-19)17-5-4-9-25(12-17)16(3)28/h6,8,11,15,17H,4-5,7,9-10,12-13H2,1-3H3/t15-,17-/m1/s1. The molecule has 0 bridgehead atoms. The lowest BCUT2D eigenvalue weighted by Crippen LogP contribution is -2.41. The highest BCUT2D eigenvalue weighted by atomic mass is 16.2. The SMILES string of the molecule is CC(=O)N1CCC[C@@H](c2ncc3c(n2)CCN(C(=O)[C@@H](C)n2nccc2C)C3)C1. The predicted molar refractivity (Wildman–Crippen MR) is 107 cm³/mol. The number of aromatic nitrogens is 4. The molecule has 8 heteroatoms. The second-order valence-electron chi connectivity index (χ2n) is 8.11. The molecule has 0 aliphatic carbocycles. The van der Waals surface area contributed by atoms with Gasteiger partial charge in [0.15, 0.2) is 0 Å². The summed E-state index contributed by atoms with van der Waals surface area (Å²) in [7, 11) is 0. The van der Waals surface area contributed by atoms with Gasteiger partial charge in [0.2, 0.25) is 11.8 Å². The van der Waals surface area contributed by atoms with Crippen molar-refractivity contribution >= 4 is 11.8 Å². The van der Waals surface area contributed by atoms with Crippen LogP contribution in [0.1, 0.15) is 61.4 Å². The number of carbonyl (C=O) groups excluding carboxylic acids is 2. The molecule has 1 fully saturated rings. The Morgan fingerprint density at radius 3 is 2.79 bits per heavy atom. The largest absolute Gasteiger partial charge is 0.342 e. The van der Waals surface area contributed by atoms with Crippen molar-refractivity contribution in [3.8, 4) is 0 Å². The van der Waals surface area contributed by atoms with Gasteiger partial charge in [-0.1, -0.05) is 0 Å². The molecule has 2 amide bonds. The zero-order valence-electron chi connectivity index (χ0n) is 17.3. The molecule has 4 rings (SSSR count). The van der Waals surface area contributed by atoms with Crippen LogP contribution >= 0.6 is 0 Å². The number of hydrogen-bond donors (Lipinski definition) is 0. The molecule has 0 spiro atoms. The third-order valence-corrected chi connectivity index (χ3v) is 6.09. The quantitative estimate of drug-likeness (QED) is 0.791. The van der Waals surface area contributed by atoms with Gasteiger partial charge in [0.05, 0.1) is 5.69 Å². The summed E-state index contributed by atoms with van der Waals surface area (Å²) in [6, 6.07) is 1.58. The van der Waals surface area contributed by atoms with E-state index >= 15 is 0 Å². The monoisotopic (exact) mass is 396 g/mol. The van der Waals surface area contributed by atoms with Gasteiger partial charge in [-0.2, -0.15) is 5.10 Å². The van der Waals surface area contributed by atoms with Gasteiger partial charge in [0, 0.05) is 69.1 Å². The van der Waals surface area contributed by atoms with Gasteiger partial charge < -0.3 is 9.80 Å². The zero-order valence-corrected chi connectivity index (χ0v) is 17.3. The van der Waals surface area contributed by atoms with Gasteiger partial charge in [-0.05, 0) is 32.8 Å². The van der Waals surface area contributed by atoms with Crippen molar-refractivity contribution < 1.29 is 9.59 Å². The topological polar surface area (TPSA) is 84.2 Å². The fraction of sp³-hybridized carbons (Fsp3) is 0.571. The molecule has 154 valence electrons. The summed E-state index contributed by atoms with van der Waals surface area (Å²) >= 11 is 0. The van der Waals surface area contributed by atoms with E-state index in [1.807, 2.05) is 35.9 Å². The summed E-state index contributed by atoms with van der Waals surface area (Å²) in [5.41, 5.74) is 3.02. The molecule has 29 heavy (non-hydrogen) atoms. The van der Waals surface area contributed by atoms with E-state index in [1.165, 1.54) is 0 Å². The van der Waals surface area contributed by atoms with Gasteiger partial charge in [0.1, 0.15) is 11.9 Å². The lowest BCUT2D eigenvalue weighted by Gasteiger charge is -2.33. The molecule has 0 aromatic carbocycles. The summed E-state index contributed by atoms with van der Waals surface area (Å²) in [5, 5.41) is 4.27. The molecule has 0 N–H and O–H groups in total. The van der Waals surface area contributed by atoms with Crippen LogP contribution in [-0.2, 0) is 22.6 Å². The van der Waals surface area contributed by atoms with Gasteiger partial charge in [-0.3, -0.25) is 14.3 Å². The smallest absolute Gasteiger partial charge is 0.247 e. The molecule has 2 aromatic heterocycles. The van der Waals surface area contributed by atoms with E-state index < -0.39 is 0 Å². The molecule has 4 heterocycles. The van der Waals surface area contributed by atoms with E-state index in [2.05, 4.69) is 10.1 Å². The highest BCUT2D eigenvalue weighted by molar-refractivity contribution is 5.80. The fourth-order valence-corrected chi connectivity index (χ4v) is 4.35. The van der Waals surface area contributed by atoms with Crippen molar-refractivity contribution in [3.05, 3.63) is 41.2 Å². The number of fused-ring (bicyclic) bond motifs is 1. The molecule has 0 radical (unpaired) electrons. The number of carbonyl (C=O) groups is 2. The van der Waals surface area contributed by atoms with E-state index in [-0.39, 0.29) is 23.8 Å². The molecular weight excluding hydrogens is 368 g/mol. The predicted octanol–water partition coefficient (Wildman–Crippen LogP) is 1.85. The van der Waals surface area contributed by atoms with Crippen LogP contribution in [0.4, 0.5) is 0 Å². The Labute approximate surface area is 170 Å². The number of nitrogens with zero attached hydrogens (tertiary/aromatic N) is 6. The lowest BCUT2D eigenvalue weighted by molar-refractivity contribution is -0.135. The second-order valence-corrected chi connectivity index (χ2v) is 8.11. The number of aryl methyl sites for hydroxylation is 1. The number of piperidine rings is 1. The molecule has 8 nitrogen and oxygen atoms in total. The van der Waals surface area contributed by atoms with Crippen molar-refractivity contribution in [3.63, 3.8) is 0 Å². The Morgan fingerprint density at radius 2 is 2.07 bits per heavy atom. The van der Waals surface area contributed by atoms with E-state index in [0.717, 1.165) is 48.6 Å². The highest BCUT2D eigenvalue weighted by Gasteiger charge is 2.29. The molecule has 2 atom stereocenters. The Balaban J connectivity index is 1.46. The van der Waals surface area contributed by atoms with Crippen molar-refractivity contribution in [2.75, 3.05) is 19.6 Å².